The van der Waals surface area contributed by atoms with Crippen molar-refractivity contribution in [2.75, 3.05) is 13.2 Å². The van der Waals surface area contributed by atoms with Gasteiger partial charge in [-0.2, -0.15) is 0 Å². The predicted molar refractivity (Wildman–Crippen MR) is 123 cm³/mol. The molecule has 0 fully saturated rings. The normalized spacial score (nSPS) is 11.7. The number of carbonyl (C=O) groups excluding carboxylic acids is 1. The second-order valence-corrected chi connectivity index (χ2v) is 7.69. The Kier molecular flexibility index (Phi) is 5.91. The fourth-order valence-electron chi connectivity index (χ4n) is 4.08. The van der Waals surface area contributed by atoms with Crippen molar-refractivity contribution in [2.45, 2.75) is 19.8 Å². The molecule has 6 heteroatoms. The molecule has 0 saturated carbocycles. The molecule has 0 atom stereocenters. The van der Waals surface area contributed by atoms with Crippen LogP contribution < -0.4 is 5.32 Å². The van der Waals surface area contributed by atoms with Gasteiger partial charge < -0.3 is 10.1 Å². The first-order valence-electron chi connectivity index (χ1n) is 10.3. The maximum atomic E-state index is 12.2. The van der Waals surface area contributed by atoms with Crippen molar-refractivity contribution in [3.8, 4) is 23.0 Å². The molecule has 1 N–H and O–H groups in total. The summed E-state index contributed by atoms with van der Waals surface area (Å²) in [5.41, 5.74) is 6.68. The molecule has 0 radical (unpaired) electrons. The molecular weight excluding hydrogens is 404 g/mol. The van der Waals surface area contributed by atoms with Gasteiger partial charge in [-0.3, -0.25) is 10.1 Å². The lowest BCUT2D eigenvalue weighted by Gasteiger charge is -2.14. The van der Waals surface area contributed by atoms with Crippen molar-refractivity contribution in [2.24, 2.45) is 0 Å². The first kappa shape index (κ1) is 21.1. The minimum Gasteiger partial charge on any atom is -0.449 e. The maximum Gasteiger partial charge on any atom is 0.407 e. The first-order chi connectivity index (χ1) is 15.5. The van der Waals surface area contributed by atoms with E-state index in [0.29, 0.717) is 11.1 Å². The molecule has 3 aromatic carbocycles. The molecule has 1 aliphatic rings. The van der Waals surface area contributed by atoms with Crippen molar-refractivity contribution < 1.29 is 14.5 Å². The van der Waals surface area contributed by atoms with Gasteiger partial charge >= 0.3 is 6.09 Å². The highest BCUT2D eigenvalue weighted by atomic mass is 16.6. The van der Waals surface area contributed by atoms with Crippen LogP contribution in [0.5, 0.6) is 0 Å². The van der Waals surface area contributed by atoms with Crippen molar-refractivity contribution in [3.05, 3.63) is 98.6 Å². The Morgan fingerprint density at radius 3 is 2.28 bits per heavy atom. The number of alkyl carbamates (subject to hydrolysis) is 1. The third-order valence-corrected chi connectivity index (χ3v) is 5.63. The van der Waals surface area contributed by atoms with Crippen molar-refractivity contribution in [1.29, 1.82) is 0 Å². The van der Waals surface area contributed by atoms with Crippen LogP contribution in [0.25, 0.3) is 11.1 Å². The van der Waals surface area contributed by atoms with Gasteiger partial charge in [0.05, 0.1) is 11.5 Å². The quantitative estimate of drug-likeness (QED) is 0.357. The second kappa shape index (κ2) is 8.94. The number of nitro benzene ring substituents is 1. The highest BCUT2D eigenvalue weighted by Crippen LogP contribution is 2.44. The third-order valence-electron chi connectivity index (χ3n) is 5.63. The Hall–Kier alpha value is -4.11. The van der Waals surface area contributed by atoms with Crippen LogP contribution in [0.15, 0.2) is 60.7 Å². The minimum atomic E-state index is -0.548. The molecule has 0 unspecified atom stereocenters. The number of amides is 1. The van der Waals surface area contributed by atoms with Crippen LogP contribution in [-0.2, 0) is 4.74 Å². The number of hydrogen-bond donors (Lipinski definition) is 1. The van der Waals surface area contributed by atoms with Gasteiger partial charge in [-0.15, -0.1) is 0 Å². The van der Waals surface area contributed by atoms with E-state index in [1.165, 1.54) is 17.2 Å². The Balaban J connectivity index is 1.37. The zero-order valence-corrected chi connectivity index (χ0v) is 17.8. The zero-order valence-electron chi connectivity index (χ0n) is 17.8. The van der Waals surface area contributed by atoms with Gasteiger partial charge in [0, 0.05) is 23.1 Å². The van der Waals surface area contributed by atoms with Crippen LogP contribution in [0.1, 0.15) is 33.7 Å². The Labute approximate surface area is 186 Å². The van der Waals surface area contributed by atoms with E-state index in [0.717, 1.165) is 16.7 Å². The molecule has 0 bridgehead atoms. The zero-order chi connectivity index (χ0) is 22.7. The molecule has 4 rings (SSSR count). The van der Waals surface area contributed by atoms with E-state index in [1.807, 2.05) is 31.2 Å². The Morgan fingerprint density at radius 2 is 1.66 bits per heavy atom. The number of nitro groups is 1. The van der Waals surface area contributed by atoms with Crippen LogP contribution in [0, 0.1) is 35.8 Å². The summed E-state index contributed by atoms with van der Waals surface area (Å²) in [7, 11) is 0. The largest absolute Gasteiger partial charge is 0.449 e. The monoisotopic (exact) mass is 426 g/mol. The standard InChI is InChI=1S/C26H22N2O4/c1-17-14-18(2)25(28(30)31)15-19(17)8-7-13-27-26(29)32-16-24-22-11-5-3-9-20(22)21-10-4-6-12-23(21)24/h3-6,9-12,14-15,24H,13,16H2,1-2H3,(H,27,29). The average molecular weight is 426 g/mol. The molecule has 160 valence electrons. The predicted octanol–water partition coefficient (Wildman–Crippen LogP) is 5.10. The number of ether oxygens (including phenoxy) is 1. The van der Waals surface area contributed by atoms with Gasteiger partial charge in [0.2, 0.25) is 0 Å². The lowest BCUT2D eigenvalue weighted by atomic mass is 9.98. The van der Waals surface area contributed by atoms with Gasteiger partial charge in [0.1, 0.15) is 6.61 Å². The average Bonchev–Trinajstić information content (AvgIpc) is 3.10. The lowest BCUT2D eigenvalue weighted by molar-refractivity contribution is -0.385. The first-order valence-corrected chi connectivity index (χ1v) is 10.3. The summed E-state index contributed by atoms with van der Waals surface area (Å²) >= 11 is 0. The minimum absolute atomic E-state index is 0.00464. The van der Waals surface area contributed by atoms with Crippen molar-refractivity contribution in [3.63, 3.8) is 0 Å². The SMILES string of the molecule is Cc1cc(C)c([N+](=O)[O-])cc1C#CCNC(=O)OCC1c2ccccc2-c2ccccc21. The topological polar surface area (TPSA) is 81.5 Å². The summed E-state index contributed by atoms with van der Waals surface area (Å²) in [6.45, 7) is 3.86. The van der Waals surface area contributed by atoms with Gasteiger partial charge in [0.25, 0.3) is 5.69 Å². The number of benzene rings is 3. The number of nitrogens with one attached hydrogen (secondary N) is 1. The van der Waals surface area contributed by atoms with Gasteiger partial charge in [0.15, 0.2) is 0 Å². The molecule has 1 amide bonds. The van der Waals surface area contributed by atoms with Crippen LogP contribution in [0.3, 0.4) is 0 Å². The summed E-state index contributed by atoms with van der Waals surface area (Å²) in [6.07, 6.45) is -0.548. The number of hydrogen-bond acceptors (Lipinski definition) is 4. The van der Waals surface area contributed by atoms with E-state index in [1.54, 1.807) is 13.0 Å². The highest BCUT2D eigenvalue weighted by molar-refractivity contribution is 5.79. The second-order valence-electron chi connectivity index (χ2n) is 7.69. The van der Waals surface area contributed by atoms with E-state index in [-0.39, 0.29) is 24.8 Å². The summed E-state index contributed by atoms with van der Waals surface area (Å²) in [6, 6.07) is 19.5. The molecule has 1 aliphatic carbocycles. The van der Waals surface area contributed by atoms with Crippen LogP contribution >= 0.6 is 0 Å². The third kappa shape index (κ3) is 4.19. The fraction of sp³-hybridized carbons (Fsp3) is 0.192. The van der Waals surface area contributed by atoms with Gasteiger partial charge in [-0.25, -0.2) is 4.79 Å². The summed E-state index contributed by atoms with van der Waals surface area (Å²) in [5, 5.41) is 13.7. The molecule has 32 heavy (non-hydrogen) atoms. The number of carbonyl (C=O) groups is 1. The van der Waals surface area contributed by atoms with E-state index >= 15 is 0 Å². The number of fused-ring (bicyclic) bond motifs is 3. The number of aryl methyl sites for hydroxylation is 2. The number of rotatable bonds is 4. The van der Waals surface area contributed by atoms with Crippen molar-refractivity contribution >= 4 is 11.8 Å². The van der Waals surface area contributed by atoms with E-state index < -0.39 is 11.0 Å². The van der Waals surface area contributed by atoms with Gasteiger partial charge in [-0.1, -0.05) is 60.4 Å². The lowest BCUT2D eigenvalue weighted by Crippen LogP contribution is -2.26. The van der Waals surface area contributed by atoms with Crippen LogP contribution in [0.2, 0.25) is 0 Å². The number of nitrogens with zero attached hydrogens (tertiary/aromatic N) is 1. The van der Waals surface area contributed by atoms with E-state index in [2.05, 4.69) is 41.4 Å². The van der Waals surface area contributed by atoms with Crippen LogP contribution in [0.4, 0.5) is 10.5 Å². The molecule has 0 spiro atoms. The summed E-state index contributed by atoms with van der Waals surface area (Å²) in [4.78, 5) is 22.9. The molecule has 0 heterocycles. The summed E-state index contributed by atoms with van der Waals surface area (Å²) in [5.74, 6) is 5.72. The Morgan fingerprint density at radius 1 is 1.03 bits per heavy atom. The van der Waals surface area contributed by atoms with E-state index in [9.17, 15) is 14.9 Å². The van der Waals surface area contributed by atoms with Crippen molar-refractivity contribution in [1.82, 2.24) is 5.32 Å². The molecule has 3 aromatic rings. The molecule has 0 aliphatic heterocycles. The van der Waals surface area contributed by atoms with E-state index in [4.69, 9.17) is 4.74 Å². The molecule has 6 nitrogen and oxygen atoms in total. The molecule has 0 saturated heterocycles. The Bertz CT molecular complexity index is 1220. The smallest absolute Gasteiger partial charge is 0.407 e. The summed E-state index contributed by atoms with van der Waals surface area (Å²) < 4.78 is 5.47. The fourth-order valence-corrected chi connectivity index (χ4v) is 4.08. The highest BCUT2D eigenvalue weighted by Gasteiger charge is 2.28. The van der Waals surface area contributed by atoms with Gasteiger partial charge in [-0.05, 0) is 47.7 Å². The maximum absolute atomic E-state index is 12.2. The molecule has 0 aromatic heterocycles. The van der Waals surface area contributed by atoms with Crippen LogP contribution in [-0.4, -0.2) is 24.2 Å². The molecular formula is C26H22N2O4.